The molecule has 21 heteroatoms. The van der Waals surface area contributed by atoms with E-state index in [1.54, 1.807) is 46.8 Å². The second kappa shape index (κ2) is 38.0. The van der Waals surface area contributed by atoms with Gasteiger partial charge in [-0.25, -0.2) is 0 Å². The molecule has 1 amide bonds. The number of hydrogen-bond donors (Lipinski definition) is 7. The number of fused-ring (bicyclic) bond motifs is 14. The Morgan fingerprint density at radius 1 is 0.797 bits per heavy atom. The average Bonchev–Trinajstić information content (AvgIpc) is 3.57. The number of allylic oxidation sites excluding steroid dienone is 2. The van der Waals surface area contributed by atoms with Crippen LogP contribution in [0, 0.1) is 30.6 Å². The number of benzene rings is 3. The van der Waals surface area contributed by atoms with Crippen LogP contribution in [0.2, 0.25) is 0 Å². The summed E-state index contributed by atoms with van der Waals surface area (Å²) >= 11 is 0. The first-order valence-electron chi connectivity index (χ1n) is 23.0. The second-order valence-corrected chi connectivity index (χ2v) is 18.6. The quantitative estimate of drug-likeness (QED) is 0.0483. The number of piperazine rings is 1. The van der Waals surface area contributed by atoms with Crippen LogP contribution in [0.15, 0.2) is 60.4 Å². The zero-order valence-electron chi connectivity index (χ0n) is 42.8. The van der Waals surface area contributed by atoms with E-state index in [0.717, 1.165) is 37.4 Å². The second-order valence-electron chi connectivity index (χ2n) is 18.6. The zero-order chi connectivity index (χ0) is 49.1. The Kier molecular flexibility index (Phi) is 42.8. The third-order valence-electron chi connectivity index (χ3n) is 13.8. The fourth-order valence-corrected chi connectivity index (χ4v) is 9.37. The number of esters is 1. The van der Waals surface area contributed by atoms with Gasteiger partial charge in [0.05, 0.1) is 41.2 Å². The first-order valence-corrected chi connectivity index (χ1v) is 23.0. The molecule has 0 aromatic heterocycles. The Balaban J connectivity index is -0.000000864. The van der Waals surface area contributed by atoms with E-state index in [4.69, 9.17) is 18.9 Å². The molecule has 0 spiro atoms. The lowest BCUT2D eigenvalue weighted by molar-refractivity contribution is -0.160. The van der Waals surface area contributed by atoms with Gasteiger partial charge < -0.3 is 64.9 Å². The molecular weight excluding hydrogens is 1100 g/mol. The molecule has 1 fully saturated rings. The number of nitrogens with one attached hydrogen (secondary N) is 2. The van der Waals surface area contributed by atoms with Crippen molar-refractivity contribution in [2.24, 2.45) is 23.7 Å². The summed E-state index contributed by atoms with van der Waals surface area (Å²) in [5.41, 5.74) is 2.24. The molecule has 7 rings (SSSR count). The predicted octanol–water partition coefficient (Wildman–Crippen LogP) is 10.9. The molecule has 0 saturated carbocycles. The summed E-state index contributed by atoms with van der Waals surface area (Å²) in [6.45, 7) is 17.3. The highest BCUT2D eigenvalue weighted by Gasteiger charge is 2.50. The summed E-state index contributed by atoms with van der Waals surface area (Å²) in [4.78, 5) is 45.5. The predicted molar refractivity (Wildman–Crippen MR) is 354 cm³/mol. The van der Waals surface area contributed by atoms with Crippen LogP contribution in [0.3, 0.4) is 0 Å². The molecule has 79 heavy (non-hydrogen) atoms. The standard InChI is InChI=1S/C51H68N4O12.7CH4.5H2S/c1-27-12-11-13-28(2)50(63)53-41-36(18-20-52-26-34-14-16-35(17-15-34)55-23-21-54(9)22-24-55)45(60)38-39(46(41)61)44(59)32(6)48-40(38)49(62)51(8,67-48)65-25-19-37(64-10)29(3)47(66-33(7)56)31(5)43(58)30(4)42(27)57;;;;;;;;;;;;/h11-17,19,25,27,29-31,37,42-43,47,52,57-61H,18,20-24,26H2,1-10H3,(H,53,63);7*1H4;5*1H2/b12-11+,25-19+,28-13-;;;;;;;;;;;;/t27-,29+,30+,31+,37-,42-,43+,47+,51-;;;;;;;;;;;;/m0............/s1. The van der Waals surface area contributed by atoms with Crippen LogP contribution in [0.1, 0.15) is 128 Å². The molecule has 460 valence electrons. The summed E-state index contributed by atoms with van der Waals surface area (Å²) in [6, 6.07) is 8.30. The Hall–Kier alpha value is -3.90. The Morgan fingerprint density at radius 3 is 1.91 bits per heavy atom. The molecule has 0 aliphatic carbocycles. The van der Waals surface area contributed by atoms with Crippen LogP contribution in [-0.2, 0) is 36.8 Å². The number of anilines is 2. The number of carbonyl (C=O) groups excluding carboxylic acids is 3. The number of aliphatic hydroxyl groups is 2. The average molecular weight is 1210 g/mol. The van der Waals surface area contributed by atoms with Crippen molar-refractivity contribution >= 4 is 107 Å². The Morgan fingerprint density at radius 2 is 1.37 bits per heavy atom. The highest BCUT2D eigenvalue weighted by atomic mass is 32.1. The first kappa shape index (κ1) is 88.9. The topological polar surface area (TPSA) is 220 Å². The van der Waals surface area contributed by atoms with Crippen molar-refractivity contribution in [3.8, 4) is 23.0 Å². The molecule has 3 aromatic carbocycles. The van der Waals surface area contributed by atoms with Gasteiger partial charge in [-0.1, -0.05) is 110 Å². The number of aliphatic hydroxyl groups excluding tert-OH is 2. The van der Waals surface area contributed by atoms with Crippen molar-refractivity contribution in [3.05, 3.63) is 82.7 Å². The van der Waals surface area contributed by atoms with Crippen LogP contribution in [-0.4, -0.2) is 125 Å². The summed E-state index contributed by atoms with van der Waals surface area (Å²) in [5, 5.41) is 64.7. The molecule has 4 aliphatic rings. The summed E-state index contributed by atoms with van der Waals surface area (Å²) in [6.07, 6.45) is 3.73. The van der Waals surface area contributed by atoms with Gasteiger partial charge >= 0.3 is 11.8 Å². The third kappa shape index (κ3) is 19.3. The summed E-state index contributed by atoms with van der Waals surface area (Å²) in [7, 11) is 3.56. The van der Waals surface area contributed by atoms with E-state index < -0.39 is 88.8 Å². The number of carbonyl (C=O) groups is 3. The van der Waals surface area contributed by atoms with Crippen LogP contribution in [0.25, 0.3) is 10.8 Å². The highest BCUT2D eigenvalue weighted by Crippen LogP contribution is 2.55. The third-order valence-corrected chi connectivity index (χ3v) is 13.8. The van der Waals surface area contributed by atoms with Crippen molar-refractivity contribution in [2.75, 3.05) is 57.1 Å². The maximum atomic E-state index is 14.6. The smallest absolute Gasteiger partial charge is 0.312 e. The molecule has 16 nitrogen and oxygen atoms in total. The van der Waals surface area contributed by atoms with Gasteiger partial charge in [-0.05, 0) is 57.6 Å². The molecule has 4 aliphatic heterocycles. The van der Waals surface area contributed by atoms with Crippen molar-refractivity contribution in [2.45, 2.75) is 151 Å². The number of likely N-dealkylation sites (N-methyl/N-ethyl adjacent to an activating group) is 1. The van der Waals surface area contributed by atoms with Crippen molar-refractivity contribution in [3.63, 3.8) is 0 Å². The largest absolute Gasteiger partial charge is 0.507 e. The molecule has 1 saturated heterocycles. The number of aromatic hydroxyl groups is 3. The van der Waals surface area contributed by atoms with Crippen molar-refractivity contribution < 1.29 is 58.9 Å². The number of phenolic OH excluding ortho intramolecular Hbond substituents is 3. The van der Waals surface area contributed by atoms with Gasteiger partial charge in [-0.3, -0.25) is 14.4 Å². The van der Waals surface area contributed by atoms with Crippen LogP contribution in [0.4, 0.5) is 11.4 Å². The van der Waals surface area contributed by atoms with E-state index in [1.165, 1.54) is 46.3 Å². The highest BCUT2D eigenvalue weighted by molar-refractivity contribution is 7.60. The fraction of sp³-hybridized carbons (Fsp3) is 0.569. The fourth-order valence-electron chi connectivity index (χ4n) is 9.37. The van der Waals surface area contributed by atoms with Gasteiger partial charge in [0.15, 0.2) is 5.75 Å². The van der Waals surface area contributed by atoms with E-state index in [2.05, 4.69) is 51.7 Å². The van der Waals surface area contributed by atoms with Gasteiger partial charge in [-0.15, -0.1) is 0 Å². The zero-order valence-corrected chi connectivity index (χ0v) is 47.8. The van der Waals surface area contributed by atoms with E-state index in [9.17, 15) is 39.9 Å². The number of phenols is 3. The molecule has 5 bridgehead atoms. The number of Topliss-reactive ketones (excluding diaryl/α,β-unsaturated/α-hetero) is 1. The Labute approximate surface area is 510 Å². The molecule has 3 aromatic rings. The van der Waals surface area contributed by atoms with Gasteiger partial charge in [0.25, 0.3) is 11.7 Å². The van der Waals surface area contributed by atoms with Gasteiger partial charge in [0, 0.05) is 105 Å². The normalized spacial score (nSPS) is 25.0. The lowest BCUT2D eigenvalue weighted by atomic mass is 9.78. The molecular formula is C58H106N4O12S5. The minimum Gasteiger partial charge on any atom is -0.507 e. The van der Waals surface area contributed by atoms with Crippen LogP contribution in [0.5, 0.6) is 23.0 Å². The number of ketones is 1. The number of hydrogen-bond acceptors (Lipinski definition) is 15. The minimum absolute atomic E-state index is 0. The molecule has 0 radical (unpaired) electrons. The maximum Gasteiger partial charge on any atom is 0.312 e. The molecule has 0 unspecified atom stereocenters. The number of nitrogens with zero attached hydrogens (tertiary/aromatic N) is 2. The Bertz CT molecular complexity index is 2440. The number of methoxy groups -OCH3 is 1. The molecule has 9 atom stereocenters. The minimum atomic E-state index is -2.04. The van der Waals surface area contributed by atoms with Crippen LogP contribution < -0.4 is 20.3 Å². The van der Waals surface area contributed by atoms with Crippen molar-refractivity contribution in [1.29, 1.82) is 0 Å². The van der Waals surface area contributed by atoms with E-state index >= 15 is 0 Å². The molecule has 7 N–H and O–H groups in total. The summed E-state index contributed by atoms with van der Waals surface area (Å²) in [5.74, 6) is -8.05. The van der Waals surface area contributed by atoms with Gasteiger partial charge in [-0.2, -0.15) is 67.5 Å². The van der Waals surface area contributed by atoms with E-state index in [-0.39, 0.29) is 177 Å². The first-order chi connectivity index (χ1) is 31.7. The maximum absolute atomic E-state index is 14.6. The number of rotatable bonds is 8. The van der Waals surface area contributed by atoms with Crippen molar-refractivity contribution in [1.82, 2.24) is 10.2 Å². The number of ether oxygens (including phenoxy) is 4. The van der Waals surface area contributed by atoms with E-state index in [1.807, 2.05) is 0 Å². The monoisotopic (exact) mass is 1210 g/mol. The van der Waals surface area contributed by atoms with Crippen LogP contribution >= 0.6 is 67.5 Å². The lowest BCUT2D eigenvalue weighted by Crippen LogP contribution is -2.46. The van der Waals surface area contributed by atoms with Gasteiger partial charge in [0.2, 0.25) is 0 Å². The summed E-state index contributed by atoms with van der Waals surface area (Å²) < 4.78 is 23.8. The van der Waals surface area contributed by atoms with E-state index in [0.29, 0.717) is 6.54 Å². The SMILES string of the molecule is C.C.C.C.C.C.C.CO[C@H]1/C=C/O[C@@]2(C)Oc3c(C)c(O)c4c(O)c(c(CCNCc5ccc(N6CCN(C)CC6)cc5)c(O)c4c3C2=O)NC(=O)/C(C)=C\C=C\[C@H](C)[C@H](O)[C@@H](C)[C@@H](O)[C@@H](C)[C@H](OC(C)=O)[C@@H]1C.S.S.S.S.S. The lowest BCUT2D eigenvalue weighted by Gasteiger charge is -2.38. The van der Waals surface area contributed by atoms with Gasteiger partial charge in [0.1, 0.15) is 23.4 Å². The number of amides is 1. The molecule has 4 heterocycles.